The largest absolute Gasteiger partial charge is 0.447 e. The number of benzene rings is 1. The van der Waals surface area contributed by atoms with Crippen LogP contribution in [0.2, 0.25) is 0 Å². The van der Waals surface area contributed by atoms with E-state index >= 15 is 0 Å². The molecule has 1 aromatic carbocycles. The van der Waals surface area contributed by atoms with Crippen LogP contribution in [0.25, 0.3) is 0 Å². The lowest BCUT2D eigenvalue weighted by atomic mass is 10.0. The minimum atomic E-state index is -0.251. The third-order valence-electron chi connectivity index (χ3n) is 4.38. The lowest BCUT2D eigenvalue weighted by molar-refractivity contribution is 0.181. The number of hydrogen-bond donors (Lipinski definition) is 1. The number of rotatable bonds is 4. The number of carbonyl (C=O) groups is 1. The van der Waals surface area contributed by atoms with Crippen LogP contribution in [-0.4, -0.2) is 50.3 Å². The first-order valence-corrected chi connectivity index (χ1v) is 7.72. The summed E-state index contributed by atoms with van der Waals surface area (Å²) in [5.74, 6) is 0. The minimum absolute atomic E-state index is 0.251. The minimum Gasteiger partial charge on any atom is -0.447 e. The highest BCUT2D eigenvalue weighted by atomic mass is 16.6. The van der Waals surface area contributed by atoms with E-state index in [1.165, 1.54) is 25.8 Å². The molecule has 1 unspecified atom stereocenters. The Morgan fingerprint density at radius 1 is 1.33 bits per heavy atom. The van der Waals surface area contributed by atoms with Gasteiger partial charge in [0, 0.05) is 24.0 Å². The SMILES string of the molecule is CN1CCCCC1CNc1cccc(N2CCOC2=O)c1. The van der Waals surface area contributed by atoms with Gasteiger partial charge in [-0.2, -0.15) is 0 Å². The molecule has 0 spiro atoms. The first-order valence-electron chi connectivity index (χ1n) is 7.72. The number of amides is 1. The van der Waals surface area contributed by atoms with Crippen molar-refractivity contribution in [2.24, 2.45) is 0 Å². The molecule has 0 radical (unpaired) electrons. The van der Waals surface area contributed by atoms with Crippen LogP contribution >= 0.6 is 0 Å². The van der Waals surface area contributed by atoms with Crippen LogP contribution in [0, 0.1) is 0 Å². The predicted molar refractivity (Wildman–Crippen MR) is 83.9 cm³/mol. The van der Waals surface area contributed by atoms with Crippen molar-refractivity contribution >= 4 is 17.5 Å². The maximum atomic E-state index is 11.6. The summed E-state index contributed by atoms with van der Waals surface area (Å²) in [5.41, 5.74) is 1.96. The molecule has 2 aliphatic rings. The number of nitrogens with zero attached hydrogens (tertiary/aromatic N) is 2. The molecule has 0 aromatic heterocycles. The summed E-state index contributed by atoms with van der Waals surface area (Å²) < 4.78 is 4.99. The fourth-order valence-corrected chi connectivity index (χ4v) is 3.05. The van der Waals surface area contributed by atoms with Crippen LogP contribution in [0.15, 0.2) is 24.3 Å². The summed E-state index contributed by atoms with van der Waals surface area (Å²) >= 11 is 0. The van der Waals surface area contributed by atoms with Crippen LogP contribution in [-0.2, 0) is 4.74 Å². The van der Waals surface area contributed by atoms with Crippen molar-refractivity contribution in [2.45, 2.75) is 25.3 Å². The molecule has 5 nitrogen and oxygen atoms in total. The van der Waals surface area contributed by atoms with Crippen molar-refractivity contribution in [1.29, 1.82) is 0 Å². The van der Waals surface area contributed by atoms with Crippen molar-refractivity contribution in [3.63, 3.8) is 0 Å². The van der Waals surface area contributed by atoms with Gasteiger partial charge in [-0.25, -0.2) is 4.79 Å². The maximum absolute atomic E-state index is 11.6. The van der Waals surface area contributed by atoms with Crippen LogP contribution in [0.4, 0.5) is 16.2 Å². The molecule has 3 rings (SSSR count). The molecule has 1 N–H and O–H groups in total. The molecule has 1 amide bonds. The fourth-order valence-electron chi connectivity index (χ4n) is 3.05. The Bertz CT molecular complexity index is 506. The molecule has 2 fully saturated rings. The summed E-state index contributed by atoms with van der Waals surface area (Å²) in [6, 6.07) is 8.60. The second kappa shape index (κ2) is 6.35. The summed E-state index contributed by atoms with van der Waals surface area (Å²) in [7, 11) is 2.20. The second-order valence-corrected chi connectivity index (χ2v) is 5.83. The molecule has 21 heavy (non-hydrogen) atoms. The average molecular weight is 289 g/mol. The van der Waals surface area contributed by atoms with Crippen LogP contribution in [0.1, 0.15) is 19.3 Å². The van der Waals surface area contributed by atoms with Gasteiger partial charge in [0.25, 0.3) is 0 Å². The number of likely N-dealkylation sites (N-methyl/N-ethyl adjacent to an activating group) is 1. The van der Waals surface area contributed by atoms with E-state index in [4.69, 9.17) is 4.74 Å². The molecule has 0 aliphatic carbocycles. The number of piperidine rings is 1. The quantitative estimate of drug-likeness (QED) is 0.925. The van der Waals surface area contributed by atoms with Crippen molar-refractivity contribution in [3.8, 4) is 0 Å². The van der Waals surface area contributed by atoms with Crippen LogP contribution in [0.3, 0.4) is 0 Å². The lowest BCUT2D eigenvalue weighted by Gasteiger charge is -2.32. The number of hydrogen-bond acceptors (Lipinski definition) is 4. The highest BCUT2D eigenvalue weighted by Crippen LogP contribution is 2.23. The normalized spacial score (nSPS) is 23.2. The second-order valence-electron chi connectivity index (χ2n) is 5.83. The van der Waals surface area contributed by atoms with Gasteiger partial charge < -0.3 is 15.0 Å². The Morgan fingerprint density at radius 3 is 3.00 bits per heavy atom. The molecule has 1 atom stereocenters. The van der Waals surface area contributed by atoms with Gasteiger partial charge in [-0.05, 0) is 44.6 Å². The Hall–Kier alpha value is -1.75. The molecule has 0 saturated carbocycles. The standard InChI is InChI=1S/C16H23N3O2/c1-18-8-3-2-6-15(18)12-17-13-5-4-7-14(11-13)19-9-10-21-16(19)20/h4-5,7,11,15,17H,2-3,6,8-10,12H2,1H3. The molecule has 0 bridgehead atoms. The fraction of sp³-hybridized carbons (Fsp3) is 0.562. The van der Waals surface area contributed by atoms with E-state index in [0.29, 0.717) is 19.2 Å². The first kappa shape index (κ1) is 14.2. The third-order valence-corrected chi connectivity index (χ3v) is 4.38. The van der Waals surface area contributed by atoms with E-state index in [1.807, 2.05) is 24.3 Å². The summed E-state index contributed by atoms with van der Waals surface area (Å²) in [6.45, 7) is 3.24. The van der Waals surface area contributed by atoms with Crippen LogP contribution < -0.4 is 10.2 Å². The molecular weight excluding hydrogens is 266 g/mol. The van der Waals surface area contributed by atoms with Gasteiger partial charge in [0.1, 0.15) is 6.61 Å². The predicted octanol–water partition coefficient (Wildman–Crippen LogP) is 2.54. The molecule has 2 aliphatic heterocycles. The molecular formula is C16H23N3O2. The number of cyclic esters (lactones) is 1. The molecule has 5 heteroatoms. The zero-order chi connectivity index (χ0) is 14.7. The first-order chi connectivity index (χ1) is 10.2. The third kappa shape index (κ3) is 3.29. The van der Waals surface area contributed by atoms with Gasteiger partial charge in [0.05, 0.1) is 6.54 Å². The van der Waals surface area contributed by atoms with Gasteiger partial charge in [0.2, 0.25) is 0 Å². The van der Waals surface area contributed by atoms with Gasteiger partial charge in [-0.1, -0.05) is 12.5 Å². The zero-order valence-electron chi connectivity index (χ0n) is 12.5. The lowest BCUT2D eigenvalue weighted by Crippen LogP contribution is -2.40. The van der Waals surface area contributed by atoms with Crippen molar-refractivity contribution in [3.05, 3.63) is 24.3 Å². The summed E-state index contributed by atoms with van der Waals surface area (Å²) in [4.78, 5) is 15.7. The number of carbonyl (C=O) groups excluding carboxylic acids is 1. The summed E-state index contributed by atoms with van der Waals surface area (Å²) in [6.07, 6.45) is 3.62. The van der Waals surface area contributed by atoms with Gasteiger partial charge in [-0.3, -0.25) is 4.90 Å². The van der Waals surface area contributed by atoms with Crippen molar-refractivity contribution < 1.29 is 9.53 Å². The highest BCUT2D eigenvalue weighted by Gasteiger charge is 2.23. The van der Waals surface area contributed by atoms with E-state index in [2.05, 4.69) is 17.3 Å². The van der Waals surface area contributed by atoms with Crippen LogP contribution in [0.5, 0.6) is 0 Å². The van der Waals surface area contributed by atoms with E-state index in [1.54, 1.807) is 4.90 Å². The van der Waals surface area contributed by atoms with E-state index in [-0.39, 0.29) is 6.09 Å². The Labute approximate surface area is 125 Å². The zero-order valence-corrected chi connectivity index (χ0v) is 12.5. The van der Waals surface area contributed by atoms with Crippen molar-refractivity contribution in [1.82, 2.24) is 4.90 Å². The van der Waals surface area contributed by atoms with E-state index in [0.717, 1.165) is 17.9 Å². The monoisotopic (exact) mass is 289 g/mol. The van der Waals surface area contributed by atoms with E-state index in [9.17, 15) is 4.79 Å². The number of anilines is 2. The number of ether oxygens (including phenoxy) is 1. The van der Waals surface area contributed by atoms with Crippen molar-refractivity contribution in [2.75, 3.05) is 43.5 Å². The molecule has 2 saturated heterocycles. The van der Waals surface area contributed by atoms with Gasteiger partial charge in [-0.15, -0.1) is 0 Å². The average Bonchev–Trinajstić information content (AvgIpc) is 2.93. The molecule has 1 aromatic rings. The summed E-state index contributed by atoms with van der Waals surface area (Å²) in [5, 5.41) is 3.50. The Kier molecular flexibility index (Phi) is 4.29. The number of nitrogens with one attached hydrogen (secondary N) is 1. The Morgan fingerprint density at radius 2 is 2.24 bits per heavy atom. The Balaban J connectivity index is 1.62. The number of likely N-dealkylation sites (tertiary alicyclic amines) is 1. The smallest absolute Gasteiger partial charge is 0.414 e. The van der Waals surface area contributed by atoms with Gasteiger partial charge >= 0.3 is 6.09 Å². The molecule has 2 heterocycles. The topological polar surface area (TPSA) is 44.8 Å². The van der Waals surface area contributed by atoms with E-state index < -0.39 is 0 Å². The molecule has 114 valence electrons. The highest BCUT2D eigenvalue weighted by molar-refractivity contribution is 5.89. The van der Waals surface area contributed by atoms with Gasteiger partial charge in [0.15, 0.2) is 0 Å². The maximum Gasteiger partial charge on any atom is 0.414 e.